The van der Waals surface area contributed by atoms with Gasteiger partial charge in [0, 0.05) is 6.42 Å². The van der Waals surface area contributed by atoms with Gasteiger partial charge in [-0.2, -0.15) is 0 Å². The summed E-state index contributed by atoms with van der Waals surface area (Å²) >= 11 is 0. The molecule has 0 saturated heterocycles. The summed E-state index contributed by atoms with van der Waals surface area (Å²) in [6.45, 7) is -0.566. The van der Waals surface area contributed by atoms with Crippen LogP contribution >= 0.6 is 0 Å². The number of hydrogen-bond acceptors (Lipinski definition) is 3. The molecule has 7 heteroatoms. The van der Waals surface area contributed by atoms with Crippen LogP contribution in [-0.4, -0.2) is 40.8 Å². The smallest absolute Gasteiger partial charge is 0.326 e. The minimum atomic E-state index is -1.20. The Morgan fingerprint density at radius 2 is 1.74 bits per heavy atom. The third-order valence-corrected chi connectivity index (χ3v) is 2.29. The summed E-state index contributed by atoms with van der Waals surface area (Å²) in [5, 5.41) is 21.6. The molecule has 0 fully saturated rings. The zero-order valence-electron chi connectivity index (χ0n) is 10.00. The first-order valence-electron chi connectivity index (χ1n) is 5.52. The maximum Gasteiger partial charge on any atom is 0.326 e. The van der Waals surface area contributed by atoms with Gasteiger partial charge in [-0.15, -0.1) is 0 Å². The van der Waals surface area contributed by atoms with Crippen molar-refractivity contribution in [3.05, 3.63) is 35.9 Å². The monoisotopic (exact) mass is 266 g/mol. The molecule has 2 amide bonds. The molecule has 4 N–H and O–H groups in total. The molecule has 1 atom stereocenters. The Morgan fingerprint density at radius 3 is 2.26 bits per heavy atom. The molecule has 0 aliphatic carbocycles. The van der Waals surface area contributed by atoms with Crippen molar-refractivity contribution in [2.24, 2.45) is 0 Å². The third-order valence-electron chi connectivity index (χ3n) is 2.29. The summed E-state index contributed by atoms with van der Waals surface area (Å²) in [7, 11) is 0. The Hall–Kier alpha value is -2.57. The van der Waals surface area contributed by atoms with E-state index in [2.05, 4.69) is 5.32 Å². The standard InChI is InChI=1S/C12H14N2O5/c15-10(16)7-13-12(19)14-9(11(17)18)6-8-4-2-1-3-5-8/h1-5,9H,6-7H2,(H,15,16)(H,17,18)(H2,13,14,19)/t9-/m0/s1. The predicted octanol–water partition coefficient (Wildman–Crippen LogP) is 0.0661. The number of carbonyl (C=O) groups is 3. The molecule has 7 nitrogen and oxygen atoms in total. The van der Waals surface area contributed by atoms with E-state index in [4.69, 9.17) is 10.2 Å². The maximum absolute atomic E-state index is 11.3. The van der Waals surface area contributed by atoms with Gasteiger partial charge in [0.05, 0.1) is 0 Å². The van der Waals surface area contributed by atoms with Gasteiger partial charge >= 0.3 is 18.0 Å². The van der Waals surface area contributed by atoms with Crippen LogP contribution in [0.4, 0.5) is 4.79 Å². The highest BCUT2D eigenvalue weighted by Crippen LogP contribution is 2.03. The van der Waals surface area contributed by atoms with Crippen molar-refractivity contribution in [1.82, 2.24) is 10.6 Å². The number of rotatable bonds is 6. The second kappa shape index (κ2) is 7.00. The lowest BCUT2D eigenvalue weighted by atomic mass is 10.1. The number of benzene rings is 1. The topological polar surface area (TPSA) is 116 Å². The van der Waals surface area contributed by atoms with Gasteiger partial charge in [0.2, 0.25) is 0 Å². The third kappa shape index (κ3) is 5.53. The summed E-state index contributed by atoms with van der Waals surface area (Å²) in [5.41, 5.74) is 0.758. The molecule has 102 valence electrons. The second-order valence-electron chi connectivity index (χ2n) is 3.80. The molecule has 1 rings (SSSR count). The molecule has 0 radical (unpaired) electrons. The fourth-order valence-corrected chi connectivity index (χ4v) is 1.42. The van der Waals surface area contributed by atoms with E-state index >= 15 is 0 Å². The van der Waals surface area contributed by atoms with Gasteiger partial charge in [0.1, 0.15) is 12.6 Å². The van der Waals surface area contributed by atoms with Crippen LogP contribution < -0.4 is 10.6 Å². The zero-order chi connectivity index (χ0) is 14.3. The number of nitrogens with one attached hydrogen (secondary N) is 2. The van der Waals surface area contributed by atoms with Crippen molar-refractivity contribution in [2.75, 3.05) is 6.54 Å². The molecule has 0 saturated carbocycles. The van der Waals surface area contributed by atoms with E-state index in [0.29, 0.717) is 0 Å². The number of carbonyl (C=O) groups excluding carboxylic acids is 1. The molecule has 0 bridgehead atoms. The summed E-state index contributed by atoms with van der Waals surface area (Å²) in [5.74, 6) is -2.39. The highest BCUT2D eigenvalue weighted by Gasteiger charge is 2.20. The maximum atomic E-state index is 11.3. The number of carboxylic acid groups (broad SMARTS) is 2. The van der Waals surface area contributed by atoms with Crippen molar-refractivity contribution in [3.8, 4) is 0 Å². The van der Waals surface area contributed by atoms with Crippen LogP contribution in [0.15, 0.2) is 30.3 Å². The van der Waals surface area contributed by atoms with Crippen molar-refractivity contribution in [1.29, 1.82) is 0 Å². The fraction of sp³-hybridized carbons (Fsp3) is 0.250. The van der Waals surface area contributed by atoms with Gasteiger partial charge in [0.25, 0.3) is 0 Å². The van der Waals surface area contributed by atoms with E-state index in [1.54, 1.807) is 30.3 Å². The van der Waals surface area contributed by atoms with Gasteiger partial charge in [0.15, 0.2) is 0 Å². The Morgan fingerprint density at radius 1 is 1.11 bits per heavy atom. The Bertz CT molecular complexity index is 460. The first-order chi connectivity index (χ1) is 8.99. The van der Waals surface area contributed by atoms with Gasteiger partial charge in [-0.05, 0) is 5.56 Å². The van der Waals surface area contributed by atoms with E-state index < -0.39 is 30.6 Å². The lowest BCUT2D eigenvalue weighted by Gasteiger charge is -2.14. The van der Waals surface area contributed by atoms with Gasteiger partial charge < -0.3 is 20.8 Å². The van der Waals surface area contributed by atoms with Crippen molar-refractivity contribution in [3.63, 3.8) is 0 Å². The second-order valence-corrected chi connectivity index (χ2v) is 3.80. The van der Waals surface area contributed by atoms with Crippen LogP contribution in [0.25, 0.3) is 0 Å². The quantitative estimate of drug-likeness (QED) is 0.581. The van der Waals surface area contributed by atoms with Crippen LogP contribution in [0, 0.1) is 0 Å². The molecular formula is C12H14N2O5. The van der Waals surface area contributed by atoms with Crippen molar-refractivity contribution >= 4 is 18.0 Å². The molecule has 0 heterocycles. The molecule has 0 aromatic heterocycles. The van der Waals surface area contributed by atoms with Gasteiger partial charge in [-0.1, -0.05) is 30.3 Å². The van der Waals surface area contributed by atoms with E-state index in [1.807, 2.05) is 5.32 Å². The van der Waals surface area contributed by atoms with Crippen LogP contribution in [0.3, 0.4) is 0 Å². The molecule has 0 aliphatic heterocycles. The van der Waals surface area contributed by atoms with E-state index in [1.165, 1.54) is 0 Å². The minimum Gasteiger partial charge on any atom is -0.480 e. The van der Waals surface area contributed by atoms with Gasteiger partial charge in [-0.25, -0.2) is 9.59 Å². The molecule has 0 aliphatic rings. The first kappa shape index (κ1) is 14.5. The van der Waals surface area contributed by atoms with E-state index in [-0.39, 0.29) is 6.42 Å². The van der Waals surface area contributed by atoms with Crippen molar-refractivity contribution in [2.45, 2.75) is 12.5 Å². The fourth-order valence-electron chi connectivity index (χ4n) is 1.42. The Labute approximate surface area is 109 Å². The van der Waals surface area contributed by atoms with Crippen LogP contribution in [0.2, 0.25) is 0 Å². The minimum absolute atomic E-state index is 0.122. The van der Waals surface area contributed by atoms with Crippen LogP contribution in [0.1, 0.15) is 5.56 Å². The molecule has 19 heavy (non-hydrogen) atoms. The summed E-state index contributed by atoms with van der Waals surface area (Å²) < 4.78 is 0. The highest BCUT2D eigenvalue weighted by atomic mass is 16.4. The molecule has 0 spiro atoms. The molecular weight excluding hydrogens is 252 g/mol. The number of urea groups is 1. The average molecular weight is 266 g/mol. The van der Waals surface area contributed by atoms with Crippen molar-refractivity contribution < 1.29 is 24.6 Å². The lowest BCUT2D eigenvalue weighted by molar-refractivity contribution is -0.139. The molecule has 1 aromatic carbocycles. The van der Waals surface area contributed by atoms with Crippen LogP contribution in [-0.2, 0) is 16.0 Å². The van der Waals surface area contributed by atoms with Gasteiger partial charge in [-0.3, -0.25) is 4.79 Å². The largest absolute Gasteiger partial charge is 0.480 e. The predicted molar refractivity (Wildman–Crippen MR) is 65.7 cm³/mol. The van der Waals surface area contributed by atoms with Crippen LogP contribution in [0.5, 0.6) is 0 Å². The summed E-state index contributed by atoms with van der Waals surface area (Å²) in [6.07, 6.45) is 0.122. The average Bonchev–Trinajstić information content (AvgIpc) is 2.36. The number of amides is 2. The number of aliphatic carboxylic acids is 2. The number of carboxylic acids is 2. The lowest BCUT2D eigenvalue weighted by Crippen LogP contribution is -2.48. The van der Waals surface area contributed by atoms with E-state index in [0.717, 1.165) is 5.56 Å². The zero-order valence-corrected chi connectivity index (χ0v) is 10.00. The molecule has 0 unspecified atom stereocenters. The Kier molecular flexibility index (Phi) is 5.34. The molecule has 1 aromatic rings. The normalized spacial score (nSPS) is 11.4. The SMILES string of the molecule is O=C(O)CNC(=O)N[C@@H](Cc1ccccc1)C(=O)O. The number of hydrogen-bond donors (Lipinski definition) is 4. The van der Waals surface area contributed by atoms with E-state index in [9.17, 15) is 14.4 Å². The summed E-state index contributed by atoms with van der Waals surface area (Å²) in [6, 6.07) is 6.87. The first-order valence-corrected chi connectivity index (χ1v) is 5.52. The Balaban J connectivity index is 2.56. The summed E-state index contributed by atoms with van der Waals surface area (Å²) in [4.78, 5) is 32.6. The highest BCUT2D eigenvalue weighted by molar-refractivity contribution is 5.84.